The third-order valence-electron chi connectivity index (χ3n) is 5.53. The van der Waals surface area contributed by atoms with Crippen molar-refractivity contribution < 1.29 is 13.0 Å². The van der Waals surface area contributed by atoms with Crippen LogP contribution in [0.5, 0.6) is 0 Å². The largest absolute Gasteiger partial charge is 0.364 e. The van der Waals surface area contributed by atoms with Gasteiger partial charge in [0, 0.05) is 21.5 Å². The maximum atomic E-state index is 13.2. The van der Waals surface area contributed by atoms with E-state index in [0.717, 1.165) is 9.54 Å². The molecular formula is C22H16N2O5S. The van der Waals surface area contributed by atoms with E-state index in [1.54, 1.807) is 25.1 Å². The number of nitrogens with zero attached hydrogens (tertiary/aromatic N) is 1. The molecule has 30 heavy (non-hydrogen) atoms. The molecule has 0 radical (unpaired) electrons. The first-order chi connectivity index (χ1) is 14.2. The molecule has 2 N–H and O–H groups in total. The zero-order chi connectivity index (χ0) is 21.4. The second kappa shape index (κ2) is 6.01. The van der Waals surface area contributed by atoms with Crippen LogP contribution in [0.3, 0.4) is 0 Å². The monoisotopic (exact) mass is 420 g/mol. The van der Waals surface area contributed by atoms with E-state index in [9.17, 15) is 22.6 Å². The van der Waals surface area contributed by atoms with Gasteiger partial charge in [-0.15, -0.1) is 0 Å². The second-order valence-electron chi connectivity index (χ2n) is 7.41. The smallest absolute Gasteiger partial charge is 0.354 e. The van der Waals surface area contributed by atoms with Crippen LogP contribution in [-0.2, 0) is 10.3 Å². The minimum absolute atomic E-state index is 0.0461. The van der Waals surface area contributed by atoms with Crippen molar-refractivity contribution in [3.63, 3.8) is 0 Å². The summed E-state index contributed by atoms with van der Waals surface area (Å²) in [6, 6.07) is 13.1. The molecule has 5 rings (SSSR count). The van der Waals surface area contributed by atoms with Crippen LogP contribution in [0, 0.1) is 13.8 Å². The molecule has 0 fully saturated rings. The van der Waals surface area contributed by atoms with Crippen molar-refractivity contribution in [2.45, 2.75) is 13.8 Å². The van der Waals surface area contributed by atoms with Gasteiger partial charge in [-0.05, 0) is 49.2 Å². The molecule has 5 aromatic rings. The fourth-order valence-corrected chi connectivity index (χ4v) is 5.07. The van der Waals surface area contributed by atoms with Crippen LogP contribution in [0.25, 0.3) is 43.6 Å². The van der Waals surface area contributed by atoms with Crippen LogP contribution < -0.4 is 10.9 Å². The van der Waals surface area contributed by atoms with Crippen molar-refractivity contribution in [2.75, 3.05) is 0 Å². The second-order valence-corrected chi connectivity index (χ2v) is 8.67. The van der Waals surface area contributed by atoms with Gasteiger partial charge in [-0.2, -0.15) is 8.42 Å². The molecule has 0 spiro atoms. The number of benzene rings is 3. The molecular weight excluding hydrogens is 404 g/mol. The Morgan fingerprint density at radius 3 is 2.27 bits per heavy atom. The Labute approximate surface area is 170 Å². The minimum Gasteiger partial charge on any atom is -0.354 e. The molecule has 0 aliphatic carbocycles. The van der Waals surface area contributed by atoms with Crippen molar-refractivity contribution in [3.8, 4) is 0 Å². The lowest BCUT2D eigenvalue weighted by atomic mass is 10.0. The van der Waals surface area contributed by atoms with Crippen molar-refractivity contribution in [1.82, 2.24) is 8.96 Å². The Balaban J connectivity index is 2.15. The first-order valence-electron chi connectivity index (χ1n) is 9.20. The van der Waals surface area contributed by atoms with Crippen molar-refractivity contribution in [2.24, 2.45) is 0 Å². The highest BCUT2D eigenvalue weighted by Crippen LogP contribution is 2.27. The van der Waals surface area contributed by atoms with Gasteiger partial charge in [0.1, 0.15) is 0 Å². The van der Waals surface area contributed by atoms with Crippen LogP contribution >= 0.6 is 0 Å². The molecule has 0 aliphatic heterocycles. The number of hydrogen-bond donors (Lipinski definition) is 2. The predicted octanol–water partition coefficient (Wildman–Crippen LogP) is 3.42. The van der Waals surface area contributed by atoms with Gasteiger partial charge >= 0.3 is 10.3 Å². The van der Waals surface area contributed by atoms with Crippen LogP contribution in [0.1, 0.15) is 11.1 Å². The lowest BCUT2D eigenvalue weighted by molar-refractivity contribution is 0.476. The van der Waals surface area contributed by atoms with E-state index in [1.165, 1.54) is 18.2 Å². The number of hydrogen-bond acceptors (Lipinski definition) is 4. The topological polar surface area (TPSA) is 109 Å². The van der Waals surface area contributed by atoms with Gasteiger partial charge in [-0.1, -0.05) is 24.3 Å². The fraction of sp³-hybridized carbons (Fsp3) is 0.0909. The number of aromatic nitrogens is 2. The summed E-state index contributed by atoms with van der Waals surface area (Å²) in [5, 5.41) is 0.968. The molecule has 0 saturated carbocycles. The number of aromatic amines is 1. The predicted molar refractivity (Wildman–Crippen MR) is 118 cm³/mol. The normalized spacial score (nSPS) is 12.4. The summed E-state index contributed by atoms with van der Waals surface area (Å²) in [5.74, 6) is 0. The van der Waals surface area contributed by atoms with Crippen LogP contribution in [0.2, 0.25) is 0 Å². The molecule has 8 heteroatoms. The molecule has 0 unspecified atom stereocenters. The van der Waals surface area contributed by atoms with Crippen molar-refractivity contribution >= 4 is 53.9 Å². The van der Waals surface area contributed by atoms with Crippen molar-refractivity contribution in [1.29, 1.82) is 0 Å². The van der Waals surface area contributed by atoms with E-state index < -0.39 is 10.3 Å². The molecule has 150 valence electrons. The summed E-state index contributed by atoms with van der Waals surface area (Å²) in [6.07, 6.45) is 0. The molecule has 2 aromatic heterocycles. The van der Waals surface area contributed by atoms with E-state index in [2.05, 4.69) is 4.98 Å². The first kappa shape index (κ1) is 18.5. The van der Waals surface area contributed by atoms with Gasteiger partial charge in [-0.3, -0.25) is 14.1 Å². The van der Waals surface area contributed by atoms with Crippen LogP contribution in [0.15, 0.2) is 58.1 Å². The lowest BCUT2D eigenvalue weighted by Gasteiger charge is -2.15. The highest BCUT2D eigenvalue weighted by atomic mass is 32.2. The maximum absolute atomic E-state index is 13.2. The zero-order valence-electron chi connectivity index (χ0n) is 16.1. The number of rotatable bonds is 1. The number of aryl methyl sites for hydroxylation is 2. The van der Waals surface area contributed by atoms with E-state index in [0.29, 0.717) is 22.0 Å². The quantitative estimate of drug-likeness (QED) is 0.319. The number of H-pyrrole nitrogens is 1. The summed E-state index contributed by atoms with van der Waals surface area (Å²) in [5.41, 5.74) is 1.70. The Kier molecular flexibility index (Phi) is 3.71. The van der Waals surface area contributed by atoms with Gasteiger partial charge in [-0.25, -0.2) is 3.97 Å². The van der Waals surface area contributed by atoms with E-state index in [-0.39, 0.29) is 38.0 Å². The van der Waals surface area contributed by atoms with Gasteiger partial charge in [0.05, 0.1) is 22.1 Å². The van der Waals surface area contributed by atoms with Crippen LogP contribution in [-0.4, -0.2) is 21.9 Å². The first-order valence-corrected chi connectivity index (χ1v) is 10.6. The van der Waals surface area contributed by atoms with E-state index in [4.69, 9.17) is 0 Å². The average molecular weight is 420 g/mol. The summed E-state index contributed by atoms with van der Waals surface area (Å²) in [7, 11) is -4.76. The Hall–Kier alpha value is -3.49. The standard InChI is InChI=1S/C22H16N2O5S/c1-11-5-4-8-16-19(11)22(26)14-10-18-15(9-17(14)23-16)21(25)13-7-3-6-12(2)20(13)24(18)30(27,28)29/h3-10H,1-2H3,(H,23,26)(H,27,28,29). The number of nitrogens with one attached hydrogen (secondary N) is 1. The molecule has 3 aromatic carbocycles. The van der Waals surface area contributed by atoms with E-state index >= 15 is 0 Å². The molecule has 0 atom stereocenters. The molecule has 0 amide bonds. The lowest BCUT2D eigenvalue weighted by Crippen LogP contribution is -2.19. The van der Waals surface area contributed by atoms with Gasteiger partial charge < -0.3 is 4.98 Å². The number of para-hydroxylation sites is 1. The van der Waals surface area contributed by atoms with Gasteiger partial charge in [0.15, 0.2) is 10.9 Å². The number of fused-ring (bicyclic) bond motifs is 4. The van der Waals surface area contributed by atoms with E-state index in [1.807, 2.05) is 19.1 Å². The summed E-state index contributed by atoms with van der Waals surface area (Å²) < 4.78 is 35.4. The summed E-state index contributed by atoms with van der Waals surface area (Å²) >= 11 is 0. The Morgan fingerprint density at radius 2 is 1.53 bits per heavy atom. The van der Waals surface area contributed by atoms with Crippen LogP contribution in [0.4, 0.5) is 0 Å². The Morgan fingerprint density at radius 1 is 0.833 bits per heavy atom. The highest BCUT2D eigenvalue weighted by Gasteiger charge is 2.21. The average Bonchev–Trinajstić information content (AvgIpc) is 2.67. The fourth-order valence-electron chi connectivity index (χ4n) is 4.20. The van der Waals surface area contributed by atoms with Crippen molar-refractivity contribution in [3.05, 3.63) is 80.1 Å². The van der Waals surface area contributed by atoms with Gasteiger partial charge in [0.2, 0.25) is 0 Å². The summed E-state index contributed by atoms with van der Waals surface area (Å²) in [4.78, 5) is 29.6. The molecule has 0 bridgehead atoms. The third kappa shape index (κ3) is 2.44. The number of pyridine rings is 2. The maximum Gasteiger partial charge on any atom is 0.364 e. The zero-order valence-corrected chi connectivity index (χ0v) is 16.9. The molecule has 7 nitrogen and oxygen atoms in total. The summed E-state index contributed by atoms with van der Waals surface area (Å²) in [6.45, 7) is 3.47. The molecule has 0 saturated heterocycles. The minimum atomic E-state index is -4.76. The molecule has 2 heterocycles. The SMILES string of the molecule is Cc1cccc2[nH]c3cc4c(=O)c5cccc(C)c5n(S(=O)(=O)O)c4cc3c(=O)c12. The highest BCUT2D eigenvalue weighted by molar-refractivity contribution is 7.84. The van der Waals surface area contributed by atoms with Gasteiger partial charge in [0.25, 0.3) is 0 Å². The third-order valence-corrected chi connectivity index (χ3v) is 6.37. The Bertz CT molecular complexity index is 1780. The molecule has 0 aliphatic rings.